The molecule has 0 radical (unpaired) electrons. The van der Waals surface area contributed by atoms with E-state index in [4.69, 9.17) is 5.73 Å². The molecule has 76 valence electrons. The Morgan fingerprint density at radius 3 is 3.00 bits per heavy atom. The molecule has 1 aliphatic rings. The summed E-state index contributed by atoms with van der Waals surface area (Å²) in [6.07, 6.45) is 0.933. The smallest absolute Gasteiger partial charge is 0.123 e. The molecule has 2 N–H and O–H groups in total. The van der Waals surface area contributed by atoms with Crippen LogP contribution in [0.1, 0.15) is 11.1 Å². The second kappa shape index (κ2) is 3.67. The van der Waals surface area contributed by atoms with Crippen LogP contribution >= 0.6 is 0 Å². The Morgan fingerprint density at radius 1 is 1.50 bits per heavy atom. The molecule has 3 heteroatoms. The Labute approximate surface area is 83.5 Å². The molecule has 0 saturated heterocycles. The van der Waals surface area contributed by atoms with E-state index in [1.165, 1.54) is 11.6 Å². The van der Waals surface area contributed by atoms with Gasteiger partial charge >= 0.3 is 0 Å². The van der Waals surface area contributed by atoms with Gasteiger partial charge in [0.25, 0.3) is 0 Å². The zero-order chi connectivity index (χ0) is 10.1. The minimum atomic E-state index is -0.150. The number of rotatable bonds is 1. The fourth-order valence-electron chi connectivity index (χ4n) is 2.01. The summed E-state index contributed by atoms with van der Waals surface area (Å²) >= 11 is 0. The van der Waals surface area contributed by atoms with E-state index in [0.29, 0.717) is 12.6 Å². The Hall–Kier alpha value is -0.930. The molecule has 14 heavy (non-hydrogen) atoms. The van der Waals surface area contributed by atoms with Gasteiger partial charge in [0.1, 0.15) is 5.82 Å². The minimum absolute atomic E-state index is 0.150. The van der Waals surface area contributed by atoms with Crippen molar-refractivity contribution < 1.29 is 4.39 Å². The van der Waals surface area contributed by atoms with Crippen LogP contribution in [0.3, 0.4) is 0 Å². The molecular formula is C11H15FN2. The van der Waals surface area contributed by atoms with Gasteiger partial charge < -0.3 is 5.73 Å². The summed E-state index contributed by atoms with van der Waals surface area (Å²) < 4.78 is 13.0. The molecule has 0 amide bonds. The SMILES string of the molecule is CN1Cc2cc(F)ccc2C[C@@H]1CN. The van der Waals surface area contributed by atoms with E-state index < -0.39 is 0 Å². The van der Waals surface area contributed by atoms with Crippen LogP contribution < -0.4 is 5.73 Å². The number of likely N-dealkylation sites (N-methyl/N-ethyl adjacent to an activating group) is 1. The number of hydrogen-bond donors (Lipinski definition) is 1. The van der Waals surface area contributed by atoms with E-state index in [1.54, 1.807) is 6.07 Å². The first-order chi connectivity index (χ1) is 6.70. The second-order valence-corrected chi connectivity index (χ2v) is 3.92. The van der Waals surface area contributed by atoms with Gasteiger partial charge in [-0.15, -0.1) is 0 Å². The molecule has 2 nitrogen and oxygen atoms in total. The summed E-state index contributed by atoms with van der Waals surface area (Å²) in [6.45, 7) is 1.46. The van der Waals surface area contributed by atoms with E-state index >= 15 is 0 Å². The molecular weight excluding hydrogens is 179 g/mol. The number of halogens is 1. The topological polar surface area (TPSA) is 29.3 Å². The van der Waals surface area contributed by atoms with Gasteiger partial charge in [-0.3, -0.25) is 4.90 Å². The summed E-state index contributed by atoms with van der Waals surface area (Å²) in [7, 11) is 2.03. The first-order valence-electron chi connectivity index (χ1n) is 4.88. The fraction of sp³-hybridized carbons (Fsp3) is 0.455. The molecule has 0 saturated carbocycles. The number of nitrogens with zero attached hydrogens (tertiary/aromatic N) is 1. The highest BCUT2D eigenvalue weighted by Crippen LogP contribution is 2.22. The van der Waals surface area contributed by atoms with Crippen LogP contribution in [0.15, 0.2) is 18.2 Å². The minimum Gasteiger partial charge on any atom is -0.329 e. The lowest BCUT2D eigenvalue weighted by atomic mass is 9.94. The van der Waals surface area contributed by atoms with Crippen molar-refractivity contribution in [2.24, 2.45) is 5.73 Å². The Morgan fingerprint density at radius 2 is 2.29 bits per heavy atom. The second-order valence-electron chi connectivity index (χ2n) is 3.92. The average molecular weight is 194 g/mol. The van der Waals surface area contributed by atoms with Crippen LogP contribution in [-0.2, 0) is 13.0 Å². The predicted molar refractivity (Wildman–Crippen MR) is 54.4 cm³/mol. The molecule has 0 aliphatic carbocycles. The van der Waals surface area contributed by atoms with Gasteiger partial charge in [0.05, 0.1) is 0 Å². The van der Waals surface area contributed by atoms with Gasteiger partial charge in [-0.25, -0.2) is 4.39 Å². The highest BCUT2D eigenvalue weighted by Gasteiger charge is 2.21. The molecule has 0 unspecified atom stereocenters. The molecule has 2 rings (SSSR count). The lowest BCUT2D eigenvalue weighted by Crippen LogP contribution is -2.42. The zero-order valence-corrected chi connectivity index (χ0v) is 8.33. The van der Waals surface area contributed by atoms with E-state index in [2.05, 4.69) is 4.90 Å². The van der Waals surface area contributed by atoms with Crippen LogP contribution in [0.4, 0.5) is 4.39 Å². The maximum atomic E-state index is 13.0. The fourth-order valence-corrected chi connectivity index (χ4v) is 2.01. The lowest BCUT2D eigenvalue weighted by Gasteiger charge is -2.33. The number of fused-ring (bicyclic) bond motifs is 1. The van der Waals surface area contributed by atoms with Crippen LogP contribution in [0.5, 0.6) is 0 Å². The van der Waals surface area contributed by atoms with Crippen molar-refractivity contribution in [3.05, 3.63) is 35.1 Å². The first kappa shape index (κ1) is 9.62. The number of nitrogens with two attached hydrogens (primary N) is 1. The van der Waals surface area contributed by atoms with Crippen LogP contribution in [-0.4, -0.2) is 24.5 Å². The van der Waals surface area contributed by atoms with Crippen molar-refractivity contribution in [3.8, 4) is 0 Å². The standard InChI is InChI=1S/C11H15FN2/c1-14-7-9-4-10(12)3-2-8(9)5-11(14)6-13/h2-4,11H,5-7,13H2,1H3/t11-/m1/s1. The Kier molecular flexibility index (Phi) is 2.52. The van der Waals surface area contributed by atoms with Gasteiger partial charge in [0, 0.05) is 19.1 Å². The molecule has 0 fully saturated rings. The van der Waals surface area contributed by atoms with Crippen molar-refractivity contribution >= 4 is 0 Å². The van der Waals surface area contributed by atoms with Crippen molar-refractivity contribution in [1.82, 2.24) is 4.90 Å². The molecule has 1 aromatic rings. The Bertz CT molecular complexity index is 338. The average Bonchev–Trinajstić information content (AvgIpc) is 2.16. The Balaban J connectivity index is 2.30. The van der Waals surface area contributed by atoms with Crippen LogP contribution in [0, 0.1) is 5.82 Å². The lowest BCUT2D eigenvalue weighted by molar-refractivity contribution is 0.220. The third-order valence-electron chi connectivity index (χ3n) is 2.94. The van der Waals surface area contributed by atoms with Crippen molar-refractivity contribution in [1.29, 1.82) is 0 Å². The summed E-state index contributed by atoms with van der Waals surface area (Å²) in [5, 5.41) is 0. The highest BCUT2D eigenvalue weighted by atomic mass is 19.1. The van der Waals surface area contributed by atoms with Crippen molar-refractivity contribution in [2.75, 3.05) is 13.6 Å². The summed E-state index contributed by atoms with van der Waals surface area (Å²) in [6, 6.07) is 5.42. The maximum Gasteiger partial charge on any atom is 0.123 e. The van der Waals surface area contributed by atoms with Gasteiger partial charge in [-0.2, -0.15) is 0 Å². The first-order valence-corrected chi connectivity index (χ1v) is 4.88. The maximum absolute atomic E-state index is 13.0. The quantitative estimate of drug-likeness (QED) is 0.726. The molecule has 1 heterocycles. The number of hydrogen-bond acceptors (Lipinski definition) is 2. The highest BCUT2D eigenvalue weighted by molar-refractivity contribution is 5.30. The third-order valence-corrected chi connectivity index (χ3v) is 2.94. The van der Waals surface area contributed by atoms with Gasteiger partial charge in [0.2, 0.25) is 0 Å². The monoisotopic (exact) mass is 194 g/mol. The van der Waals surface area contributed by atoms with E-state index in [9.17, 15) is 4.39 Å². The molecule has 1 atom stereocenters. The molecule has 1 aromatic carbocycles. The summed E-state index contributed by atoms with van der Waals surface area (Å²) in [5.41, 5.74) is 8.00. The molecule has 0 bridgehead atoms. The summed E-state index contributed by atoms with van der Waals surface area (Å²) in [5.74, 6) is -0.150. The van der Waals surface area contributed by atoms with E-state index in [0.717, 1.165) is 18.5 Å². The third kappa shape index (κ3) is 1.65. The molecule has 1 aliphatic heterocycles. The van der Waals surface area contributed by atoms with Crippen molar-refractivity contribution in [2.45, 2.75) is 19.0 Å². The summed E-state index contributed by atoms with van der Waals surface area (Å²) in [4.78, 5) is 2.18. The van der Waals surface area contributed by atoms with Crippen LogP contribution in [0.2, 0.25) is 0 Å². The van der Waals surface area contributed by atoms with Gasteiger partial charge in [0.15, 0.2) is 0 Å². The van der Waals surface area contributed by atoms with E-state index in [1.807, 2.05) is 13.1 Å². The number of benzene rings is 1. The van der Waals surface area contributed by atoms with Gasteiger partial charge in [-0.1, -0.05) is 6.07 Å². The van der Waals surface area contributed by atoms with Crippen molar-refractivity contribution in [3.63, 3.8) is 0 Å². The largest absolute Gasteiger partial charge is 0.329 e. The van der Waals surface area contributed by atoms with Gasteiger partial charge in [-0.05, 0) is 36.7 Å². The van der Waals surface area contributed by atoms with Crippen LogP contribution in [0.25, 0.3) is 0 Å². The zero-order valence-electron chi connectivity index (χ0n) is 8.33. The normalized spacial score (nSPS) is 22.1. The van der Waals surface area contributed by atoms with E-state index in [-0.39, 0.29) is 5.82 Å². The molecule has 0 aromatic heterocycles. The predicted octanol–water partition coefficient (Wildman–Crippen LogP) is 1.14. The molecule has 0 spiro atoms.